The van der Waals surface area contributed by atoms with E-state index < -0.39 is 0 Å². The number of nitrogens with zero attached hydrogens (tertiary/aromatic N) is 3. The molecule has 0 aliphatic heterocycles. The Morgan fingerprint density at radius 3 is 2.48 bits per heavy atom. The fraction of sp³-hybridized carbons (Fsp3) is 0.333. The maximum absolute atomic E-state index is 5.35. The Labute approximate surface area is 140 Å². The predicted molar refractivity (Wildman–Crippen MR) is 93.5 cm³/mol. The normalized spacial score (nSPS) is 11.3. The predicted octanol–water partition coefficient (Wildman–Crippen LogP) is 4.80. The van der Waals surface area contributed by atoms with E-state index in [0.717, 1.165) is 28.1 Å². The van der Waals surface area contributed by atoms with Gasteiger partial charge < -0.3 is 8.98 Å². The summed E-state index contributed by atoms with van der Waals surface area (Å²) in [5.41, 5.74) is 3.66. The van der Waals surface area contributed by atoms with Crippen LogP contribution in [0.3, 0.4) is 0 Å². The molecule has 23 heavy (non-hydrogen) atoms. The molecule has 2 heterocycles. The minimum absolute atomic E-state index is 0.566. The van der Waals surface area contributed by atoms with Crippen LogP contribution >= 0.6 is 11.8 Å². The van der Waals surface area contributed by atoms with Crippen LogP contribution in [0.2, 0.25) is 0 Å². The highest BCUT2D eigenvalue weighted by atomic mass is 32.2. The van der Waals surface area contributed by atoms with Gasteiger partial charge in [-0.25, -0.2) is 0 Å². The summed E-state index contributed by atoms with van der Waals surface area (Å²) in [6.45, 7) is 6.36. The summed E-state index contributed by atoms with van der Waals surface area (Å²) in [4.78, 5) is 0. The first-order chi connectivity index (χ1) is 11.1. The van der Waals surface area contributed by atoms with Gasteiger partial charge in [-0.15, -0.1) is 10.2 Å². The third-order valence-electron chi connectivity index (χ3n) is 3.95. The van der Waals surface area contributed by atoms with Crippen molar-refractivity contribution in [2.24, 2.45) is 7.05 Å². The van der Waals surface area contributed by atoms with Gasteiger partial charge in [0.05, 0.1) is 11.8 Å². The Bertz CT molecular complexity index is 787. The van der Waals surface area contributed by atoms with Crippen molar-refractivity contribution in [2.75, 3.05) is 0 Å². The van der Waals surface area contributed by atoms with Crippen LogP contribution in [0.1, 0.15) is 36.7 Å². The molecule has 4 nitrogen and oxygen atoms in total. The van der Waals surface area contributed by atoms with Crippen LogP contribution < -0.4 is 0 Å². The van der Waals surface area contributed by atoms with E-state index in [-0.39, 0.29) is 0 Å². The Kier molecular flexibility index (Phi) is 4.57. The maximum Gasteiger partial charge on any atom is 0.191 e. The lowest BCUT2D eigenvalue weighted by molar-refractivity contribution is 0.534. The van der Waals surface area contributed by atoms with Crippen molar-refractivity contribution in [1.82, 2.24) is 14.8 Å². The van der Waals surface area contributed by atoms with E-state index in [1.54, 1.807) is 18.0 Å². The van der Waals surface area contributed by atoms with Gasteiger partial charge >= 0.3 is 0 Å². The topological polar surface area (TPSA) is 43.9 Å². The Hall–Kier alpha value is -2.01. The zero-order valence-corrected chi connectivity index (χ0v) is 14.7. The van der Waals surface area contributed by atoms with Crippen molar-refractivity contribution >= 4 is 11.8 Å². The molecule has 0 saturated heterocycles. The van der Waals surface area contributed by atoms with E-state index in [1.165, 1.54) is 11.1 Å². The second-order valence-electron chi connectivity index (χ2n) is 5.94. The molecule has 1 aromatic carbocycles. The lowest BCUT2D eigenvalue weighted by atomic mass is 10.0. The molecule has 120 valence electrons. The van der Waals surface area contributed by atoms with Crippen LogP contribution in [-0.4, -0.2) is 14.8 Å². The number of aryl methyl sites for hydroxylation is 1. The number of furan rings is 1. The van der Waals surface area contributed by atoms with Crippen molar-refractivity contribution in [3.05, 3.63) is 53.5 Å². The average molecular weight is 327 g/mol. The standard InChI is InChI=1S/C18H21N3OS/c1-12(2)15-7-5-14(6-8-15)11-23-18-20-19-17(21(18)4)16-9-10-22-13(16)3/h5-10,12H,11H2,1-4H3. The lowest BCUT2D eigenvalue weighted by Crippen LogP contribution is -1.95. The number of rotatable bonds is 5. The van der Waals surface area contributed by atoms with E-state index in [9.17, 15) is 0 Å². The van der Waals surface area contributed by atoms with Crippen LogP contribution in [0, 0.1) is 6.92 Å². The first-order valence-corrected chi connectivity index (χ1v) is 8.70. The fourth-order valence-corrected chi connectivity index (χ4v) is 3.31. The highest BCUT2D eigenvalue weighted by Crippen LogP contribution is 2.27. The van der Waals surface area contributed by atoms with E-state index in [4.69, 9.17) is 4.42 Å². The number of hydrogen-bond donors (Lipinski definition) is 0. The molecule has 2 aromatic heterocycles. The Morgan fingerprint density at radius 1 is 1.13 bits per heavy atom. The van der Waals surface area contributed by atoms with Gasteiger partial charge in [0, 0.05) is 12.8 Å². The zero-order chi connectivity index (χ0) is 16.4. The van der Waals surface area contributed by atoms with Gasteiger partial charge in [-0.05, 0) is 30.0 Å². The second-order valence-corrected chi connectivity index (χ2v) is 6.88. The van der Waals surface area contributed by atoms with E-state index in [2.05, 4.69) is 48.3 Å². The highest BCUT2D eigenvalue weighted by molar-refractivity contribution is 7.98. The number of thioether (sulfide) groups is 1. The molecule has 0 N–H and O–H groups in total. The molecule has 0 saturated carbocycles. The van der Waals surface area contributed by atoms with Crippen LogP contribution in [0.5, 0.6) is 0 Å². The molecule has 3 aromatic rings. The molecule has 0 fully saturated rings. The molecule has 0 amide bonds. The van der Waals surface area contributed by atoms with Crippen LogP contribution in [0.4, 0.5) is 0 Å². The van der Waals surface area contributed by atoms with Gasteiger partial charge in [-0.1, -0.05) is 49.9 Å². The van der Waals surface area contributed by atoms with E-state index >= 15 is 0 Å². The molecular weight excluding hydrogens is 306 g/mol. The summed E-state index contributed by atoms with van der Waals surface area (Å²) in [5.74, 6) is 3.15. The van der Waals surface area contributed by atoms with Gasteiger partial charge in [0.1, 0.15) is 5.76 Å². The minimum Gasteiger partial charge on any atom is -0.469 e. The van der Waals surface area contributed by atoms with Gasteiger partial charge in [0.25, 0.3) is 0 Å². The van der Waals surface area contributed by atoms with Gasteiger partial charge in [-0.3, -0.25) is 0 Å². The molecule has 0 spiro atoms. The Balaban J connectivity index is 1.72. The first kappa shape index (κ1) is 15.9. The smallest absolute Gasteiger partial charge is 0.191 e. The summed E-state index contributed by atoms with van der Waals surface area (Å²) in [5, 5.41) is 9.52. The SMILES string of the molecule is Cc1occc1-c1nnc(SCc2ccc(C(C)C)cc2)n1C. The number of hydrogen-bond acceptors (Lipinski definition) is 4. The third-order valence-corrected chi connectivity index (χ3v) is 5.04. The number of aromatic nitrogens is 3. The largest absolute Gasteiger partial charge is 0.469 e. The van der Waals surface area contributed by atoms with Crippen LogP contribution in [0.25, 0.3) is 11.4 Å². The molecule has 5 heteroatoms. The van der Waals surface area contributed by atoms with Gasteiger partial charge in [0.15, 0.2) is 11.0 Å². The van der Waals surface area contributed by atoms with E-state index in [0.29, 0.717) is 5.92 Å². The van der Waals surface area contributed by atoms with Gasteiger partial charge in [0.2, 0.25) is 0 Å². The zero-order valence-electron chi connectivity index (χ0n) is 13.9. The average Bonchev–Trinajstić information content (AvgIpc) is 3.11. The maximum atomic E-state index is 5.35. The molecule has 0 bridgehead atoms. The summed E-state index contributed by atoms with van der Waals surface area (Å²) >= 11 is 1.70. The summed E-state index contributed by atoms with van der Waals surface area (Å²) in [7, 11) is 1.99. The molecular formula is C18H21N3OS. The molecule has 0 aliphatic carbocycles. The number of benzene rings is 1. The Morgan fingerprint density at radius 2 is 1.87 bits per heavy atom. The second kappa shape index (κ2) is 6.62. The fourth-order valence-electron chi connectivity index (χ4n) is 2.44. The molecule has 0 aliphatic rings. The van der Waals surface area contributed by atoms with Crippen molar-refractivity contribution in [1.29, 1.82) is 0 Å². The molecule has 0 unspecified atom stereocenters. The van der Waals surface area contributed by atoms with Crippen LogP contribution in [-0.2, 0) is 12.8 Å². The van der Waals surface area contributed by atoms with E-state index in [1.807, 2.05) is 24.6 Å². The van der Waals surface area contributed by atoms with Gasteiger partial charge in [-0.2, -0.15) is 0 Å². The minimum atomic E-state index is 0.566. The third kappa shape index (κ3) is 3.34. The summed E-state index contributed by atoms with van der Waals surface area (Å²) in [6, 6.07) is 10.7. The molecule has 0 atom stereocenters. The molecule has 0 radical (unpaired) electrons. The van der Waals surface area contributed by atoms with Crippen LogP contribution in [0.15, 0.2) is 46.2 Å². The first-order valence-electron chi connectivity index (χ1n) is 7.71. The quantitative estimate of drug-likeness (QED) is 0.631. The monoisotopic (exact) mass is 327 g/mol. The summed E-state index contributed by atoms with van der Waals surface area (Å²) < 4.78 is 7.37. The van der Waals surface area contributed by atoms with Crippen molar-refractivity contribution in [3.63, 3.8) is 0 Å². The van der Waals surface area contributed by atoms with Crippen molar-refractivity contribution in [3.8, 4) is 11.4 Å². The summed E-state index contributed by atoms with van der Waals surface area (Å²) in [6.07, 6.45) is 1.68. The lowest BCUT2D eigenvalue weighted by Gasteiger charge is -2.07. The van der Waals surface area contributed by atoms with Crippen molar-refractivity contribution in [2.45, 2.75) is 37.6 Å². The van der Waals surface area contributed by atoms with Crippen molar-refractivity contribution < 1.29 is 4.42 Å². The highest BCUT2D eigenvalue weighted by Gasteiger charge is 2.14. The molecule has 3 rings (SSSR count).